The van der Waals surface area contributed by atoms with Gasteiger partial charge in [-0.3, -0.25) is 23.4 Å². The van der Waals surface area contributed by atoms with Crippen molar-refractivity contribution in [1.82, 2.24) is 18.9 Å². The largest absolute Gasteiger partial charge is 0.329 e. The summed E-state index contributed by atoms with van der Waals surface area (Å²) in [5, 5.41) is 2.70. The van der Waals surface area contributed by atoms with Crippen LogP contribution in [0.5, 0.6) is 0 Å². The number of aromatic nitrogens is 4. The number of imidazole rings is 1. The van der Waals surface area contributed by atoms with Gasteiger partial charge in [0.2, 0.25) is 0 Å². The number of nitrogens with one attached hydrogen (secondary N) is 1. The Balaban J connectivity index is 2.18. The Hall–Kier alpha value is -2.83. The predicted molar refractivity (Wildman–Crippen MR) is 91.6 cm³/mol. The lowest BCUT2D eigenvalue weighted by molar-refractivity contribution is 0.103. The molecule has 0 saturated heterocycles. The van der Waals surface area contributed by atoms with Crippen LogP contribution < -0.4 is 11.2 Å². The van der Waals surface area contributed by atoms with E-state index in [0.717, 1.165) is 11.9 Å². The van der Waals surface area contributed by atoms with E-state index in [4.69, 9.17) is 0 Å². The zero-order valence-corrected chi connectivity index (χ0v) is 14.0. The molecule has 0 radical (unpaired) electrons. The van der Waals surface area contributed by atoms with Crippen molar-refractivity contribution < 1.29 is 4.79 Å². The molecule has 7 nitrogen and oxygen atoms in total. The first kappa shape index (κ1) is 16.0. The molecule has 0 atom stereocenters. The highest BCUT2D eigenvalue weighted by Crippen LogP contribution is 2.18. The molecule has 1 aromatic carbocycles. The van der Waals surface area contributed by atoms with E-state index in [0.29, 0.717) is 24.2 Å². The summed E-state index contributed by atoms with van der Waals surface area (Å²) >= 11 is 0. The van der Waals surface area contributed by atoms with Crippen molar-refractivity contribution in [2.24, 2.45) is 7.05 Å². The summed E-state index contributed by atoms with van der Waals surface area (Å²) < 4.78 is 4.63. The van der Waals surface area contributed by atoms with Crippen LogP contribution in [0.4, 0.5) is 0 Å². The molecular weight excluding hydrogens is 308 g/mol. The van der Waals surface area contributed by atoms with Gasteiger partial charge in [-0.2, -0.15) is 0 Å². The first-order valence-electron chi connectivity index (χ1n) is 8.01. The number of nitrogens with zero attached hydrogens (tertiary/aromatic N) is 3. The van der Waals surface area contributed by atoms with Gasteiger partial charge in [0.25, 0.3) is 5.56 Å². The number of carbonyl (C=O) groups is 1. The lowest BCUT2D eigenvalue weighted by Crippen LogP contribution is -2.23. The Bertz CT molecular complexity index is 1030. The average molecular weight is 328 g/mol. The fourth-order valence-corrected chi connectivity index (χ4v) is 2.99. The quantitative estimate of drug-likeness (QED) is 0.721. The minimum absolute atomic E-state index is 0.0727. The van der Waals surface area contributed by atoms with Crippen LogP contribution in [0.3, 0.4) is 0 Å². The summed E-state index contributed by atoms with van der Waals surface area (Å²) in [4.78, 5) is 37.1. The summed E-state index contributed by atoms with van der Waals surface area (Å²) in [7, 11) is 1.56. The third kappa shape index (κ3) is 2.33. The van der Waals surface area contributed by atoms with E-state index in [1.807, 2.05) is 13.8 Å². The molecule has 126 valence electrons. The molecule has 3 rings (SSSR count). The maximum atomic E-state index is 12.6. The van der Waals surface area contributed by atoms with Gasteiger partial charge in [0.15, 0.2) is 5.78 Å². The molecule has 2 heterocycles. The summed E-state index contributed by atoms with van der Waals surface area (Å²) in [6.45, 7) is 5.07. The monoisotopic (exact) mass is 328 g/mol. The fourth-order valence-electron chi connectivity index (χ4n) is 2.99. The number of fused-ring (bicyclic) bond motifs is 1. The molecule has 0 aliphatic carbocycles. The van der Waals surface area contributed by atoms with E-state index >= 15 is 0 Å². The van der Waals surface area contributed by atoms with E-state index in [1.54, 1.807) is 34.4 Å². The highest BCUT2D eigenvalue weighted by atomic mass is 16.2. The van der Waals surface area contributed by atoms with Crippen LogP contribution in [0.2, 0.25) is 0 Å². The number of aromatic amines is 1. The number of aryl methyl sites for hydroxylation is 3. The first-order chi connectivity index (χ1) is 11.5. The van der Waals surface area contributed by atoms with Crippen molar-refractivity contribution in [3.63, 3.8) is 0 Å². The molecule has 0 aliphatic rings. The average Bonchev–Trinajstić information content (AvgIpc) is 3.05. The van der Waals surface area contributed by atoms with Gasteiger partial charge in [-0.25, -0.2) is 4.79 Å². The fraction of sp³-hybridized carbons (Fsp3) is 0.353. The van der Waals surface area contributed by atoms with Gasteiger partial charge in [0.1, 0.15) is 5.56 Å². The number of ketones is 1. The minimum Gasteiger partial charge on any atom is -0.302 e. The van der Waals surface area contributed by atoms with E-state index in [2.05, 4.69) is 5.10 Å². The summed E-state index contributed by atoms with van der Waals surface area (Å²) in [6, 6.07) is 5.15. The van der Waals surface area contributed by atoms with Crippen molar-refractivity contribution in [3.05, 3.63) is 56.4 Å². The smallest absolute Gasteiger partial charge is 0.302 e. The van der Waals surface area contributed by atoms with Crippen molar-refractivity contribution in [2.75, 3.05) is 0 Å². The molecule has 0 saturated carbocycles. The predicted octanol–water partition coefficient (Wildman–Crippen LogP) is 1.49. The Kier molecular flexibility index (Phi) is 4.01. The molecule has 7 heteroatoms. The zero-order chi connectivity index (χ0) is 17.4. The Morgan fingerprint density at radius 1 is 1.12 bits per heavy atom. The topological polar surface area (TPSA) is 81.8 Å². The lowest BCUT2D eigenvalue weighted by Gasteiger charge is -2.02. The normalized spacial score (nSPS) is 11.3. The van der Waals surface area contributed by atoms with Crippen molar-refractivity contribution in [3.8, 4) is 0 Å². The van der Waals surface area contributed by atoms with Crippen LogP contribution in [-0.4, -0.2) is 24.7 Å². The van der Waals surface area contributed by atoms with Gasteiger partial charge in [-0.15, -0.1) is 0 Å². The van der Waals surface area contributed by atoms with Crippen molar-refractivity contribution in [1.29, 1.82) is 0 Å². The molecular formula is C17H20N4O3. The Labute approximate surface area is 138 Å². The molecule has 0 aliphatic heterocycles. The highest BCUT2D eigenvalue weighted by molar-refractivity contribution is 6.10. The van der Waals surface area contributed by atoms with Gasteiger partial charge >= 0.3 is 5.69 Å². The molecule has 0 unspecified atom stereocenters. The molecule has 0 bridgehead atoms. The van der Waals surface area contributed by atoms with Gasteiger partial charge in [0, 0.05) is 31.9 Å². The number of benzene rings is 1. The summed E-state index contributed by atoms with van der Waals surface area (Å²) in [5.74, 6) is -0.350. The number of carbonyl (C=O) groups excluding carboxylic acids is 1. The molecule has 0 spiro atoms. The zero-order valence-electron chi connectivity index (χ0n) is 14.0. The van der Waals surface area contributed by atoms with Crippen LogP contribution >= 0.6 is 0 Å². The standard InChI is InChI=1S/C17H20N4O3/c1-4-8-21-13-7-6-11(9-14(13)20(5-2)17(21)24)15(22)12-10-18-19(3)16(12)23/h6-7,9-10,18H,4-5,8H2,1-3H3. The van der Waals surface area contributed by atoms with Crippen molar-refractivity contribution in [2.45, 2.75) is 33.4 Å². The number of hydrogen-bond acceptors (Lipinski definition) is 3. The molecule has 0 amide bonds. The van der Waals surface area contributed by atoms with Crippen LogP contribution in [0, 0.1) is 0 Å². The van der Waals surface area contributed by atoms with Gasteiger partial charge in [0.05, 0.1) is 11.0 Å². The molecule has 1 N–H and O–H groups in total. The second kappa shape index (κ2) is 5.99. The molecule has 2 aromatic heterocycles. The lowest BCUT2D eigenvalue weighted by atomic mass is 10.1. The second-order valence-electron chi connectivity index (χ2n) is 5.76. The number of hydrogen-bond donors (Lipinski definition) is 1. The Morgan fingerprint density at radius 3 is 2.46 bits per heavy atom. The maximum Gasteiger partial charge on any atom is 0.329 e. The van der Waals surface area contributed by atoms with Crippen molar-refractivity contribution >= 4 is 16.8 Å². The van der Waals surface area contributed by atoms with E-state index in [9.17, 15) is 14.4 Å². The second-order valence-corrected chi connectivity index (χ2v) is 5.76. The molecule has 0 fully saturated rings. The van der Waals surface area contributed by atoms with Crippen LogP contribution in [0.1, 0.15) is 36.2 Å². The highest BCUT2D eigenvalue weighted by Gasteiger charge is 2.18. The van der Waals surface area contributed by atoms with E-state index in [1.165, 1.54) is 10.9 Å². The third-order valence-corrected chi connectivity index (χ3v) is 4.23. The third-order valence-electron chi connectivity index (χ3n) is 4.23. The van der Waals surface area contributed by atoms with E-state index in [-0.39, 0.29) is 22.6 Å². The summed E-state index contributed by atoms with van der Waals surface area (Å²) in [6.07, 6.45) is 2.26. The van der Waals surface area contributed by atoms with E-state index < -0.39 is 0 Å². The molecule has 3 aromatic rings. The summed E-state index contributed by atoms with van der Waals surface area (Å²) in [5.41, 5.74) is 1.58. The van der Waals surface area contributed by atoms with Crippen LogP contribution in [0.25, 0.3) is 11.0 Å². The number of H-pyrrole nitrogens is 1. The van der Waals surface area contributed by atoms with Gasteiger partial charge < -0.3 is 5.10 Å². The first-order valence-corrected chi connectivity index (χ1v) is 8.01. The Morgan fingerprint density at radius 2 is 1.88 bits per heavy atom. The van der Waals surface area contributed by atoms with Crippen LogP contribution in [-0.2, 0) is 20.1 Å². The van der Waals surface area contributed by atoms with Gasteiger partial charge in [-0.05, 0) is 31.5 Å². The number of rotatable bonds is 5. The maximum absolute atomic E-state index is 12.6. The van der Waals surface area contributed by atoms with Gasteiger partial charge in [-0.1, -0.05) is 6.92 Å². The minimum atomic E-state index is -0.364. The van der Waals surface area contributed by atoms with Crippen LogP contribution in [0.15, 0.2) is 34.0 Å². The SMILES string of the molecule is CCCn1c(=O)n(CC)c2cc(C(=O)c3c[nH]n(C)c3=O)ccc21. The molecule has 24 heavy (non-hydrogen) atoms.